The van der Waals surface area contributed by atoms with E-state index in [1.165, 1.54) is 28.9 Å². The molecule has 0 bridgehead atoms. The van der Waals surface area contributed by atoms with E-state index in [1.807, 2.05) is 11.7 Å². The highest BCUT2D eigenvalue weighted by Gasteiger charge is 2.12. The number of nitrogens with one attached hydrogen (secondary N) is 1. The molecule has 1 aromatic heterocycles. The molecule has 2 rings (SSSR count). The van der Waals surface area contributed by atoms with Crippen molar-refractivity contribution in [2.24, 2.45) is 7.05 Å². The molecule has 3 nitrogen and oxygen atoms in total. The number of benzene rings is 1. The Kier molecular flexibility index (Phi) is 5.57. The maximum absolute atomic E-state index is 4.50. The molecular weight excluding hydrogens is 258 g/mol. The van der Waals surface area contributed by atoms with Crippen molar-refractivity contribution >= 4 is 0 Å². The van der Waals surface area contributed by atoms with Gasteiger partial charge in [-0.2, -0.15) is 5.10 Å². The van der Waals surface area contributed by atoms with Gasteiger partial charge in [0, 0.05) is 18.8 Å². The predicted octanol–water partition coefficient (Wildman–Crippen LogP) is 3.19. The van der Waals surface area contributed by atoms with Crippen molar-refractivity contribution in [3.05, 3.63) is 52.8 Å². The lowest BCUT2D eigenvalue weighted by atomic mass is 9.98. The quantitative estimate of drug-likeness (QED) is 0.846. The van der Waals surface area contributed by atoms with Gasteiger partial charge in [-0.1, -0.05) is 30.3 Å². The van der Waals surface area contributed by atoms with Crippen molar-refractivity contribution in [3.63, 3.8) is 0 Å². The average Bonchev–Trinajstić information content (AvgIpc) is 2.74. The van der Waals surface area contributed by atoms with Crippen LogP contribution >= 0.6 is 0 Å². The molecule has 0 aliphatic carbocycles. The van der Waals surface area contributed by atoms with E-state index in [0.717, 1.165) is 19.3 Å². The fourth-order valence-electron chi connectivity index (χ4n) is 2.92. The zero-order valence-corrected chi connectivity index (χ0v) is 13.7. The van der Waals surface area contributed by atoms with Gasteiger partial charge in [0.15, 0.2) is 0 Å². The van der Waals surface area contributed by atoms with Crippen molar-refractivity contribution in [1.29, 1.82) is 0 Å². The molecule has 1 atom stereocenters. The second-order valence-corrected chi connectivity index (χ2v) is 5.82. The molecule has 2 aromatic rings. The number of hydrogen-bond acceptors (Lipinski definition) is 2. The highest BCUT2D eigenvalue weighted by molar-refractivity contribution is 5.24. The molecule has 0 aliphatic rings. The third-order valence-corrected chi connectivity index (χ3v) is 4.43. The minimum Gasteiger partial charge on any atom is -0.317 e. The Morgan fingerprint density at radius 2 is 1.76 bits per heavy atom. The molecule has 1 aromatic carbocycles. The zero-order chi connectivity index (χ0) is 15.2. The van der Waals surface area contributed by atoms with Crippen molar-refractivity contribution < 1.29 is 0 Å². The van der Waals surface area contributed by atoms with Gasteiger partial charge in [0.2, 0.25) is 0 Å². The normalized spacial score (nSPS) is 12.6. The van der Waals surface area contributed by atoms with Gasteiger partial charge in [0.1, 0.15) is 0 Å². The van der Waals surface area contributed by atoms with E-state index in [1.54, 1.807) is 0 Å². The summed E-state index contributed by atoms with van der Waals surface area (Å²) in [6.45, 7) is 4.27. The van der Waals surface area contributed by atoms with Gasteiger partial charge in [-0.05, 0) is 57.7 Å². The Balaban J connectivity index is 1.88. The molecule has 1 N–H and O–H groups in total. The minimum absolute atomic E-state index is 0.559. The summed E-state index contributed by atoms with van der Waals surface area (Å²) in [6, 6.07) is 11.3. The van der Waals surface area contributed by atoms with E-state index in [4.69, 9.17) is 0 Å². The lowest BCUT2D eigenvalue weighted by Crippen LogP contribution is -2.26. The monoisotopic (exact) mass is 285 g/mol. The Bertz CT molecular complexity index is 557. The van der Waals surface area contributed by atoms with Gasteiger partial charge < -0.3 is 5.32 Å². The van der Waals surface area contributed by atoms with E-state index in [9.17, 15) is 0 Å². The maximum Gasteiger partial charge on any atom is 0.0628 e. The summed E-state index contributed by atoms with van der Waals surface area (Å²) < 4.78 is 1.99. The Labute approximate surface area is 128 Å². The molecule has 0 radical (unpaired) electrons. The van der Waals surface area contributed by atoms with Gasteiger partial charge in [0.05, 0.1) is 5.69 Å². The summed E-state index contributed by atoms with van der Waals surface area (Å²) in [6.07, 6.45) is 4.58. The van der Waals surface area contributed by atoms with Gasteiger partial charge in [-0.25, -0.2) is 0 Å². The van der Waals surface area contributed by atoms with E-state index < -0.39 is 0 Å². The Hall–Kier alpha value is -1.61. The SMILES string of the molecule is CNC(CCc1ccccc1)CCc1c(C)nn(C)c1C. The largest absolute Gasteiger partial charge is 0.317 e. The number of aryl methyl sites for hydroxylation is 3. The van der Waals surface area contributed by atoms with Crippen molar-refractivity contribution in [2.75, 3.05) is 7.05 Å². The van der Waals surface area contributed by atoms with Crippen LogP contribution in [0.5, 0.6) is 0 Å². The predicted molar refractivity (Wildman–Crippen MR) is 88.6 cm³/mol. The van der Waals surface area contributed by atoms with E-state index >= 15 is 0 Å². The van der Waals surface area contributed by atoms with E-state index in [2.05, 4.69) is 61.6 Å². The summed E-state index contributed by atoms with van der Waals surface area (Å²) in [5, 5.41) is 7.97. The van der Waals surface area contributed by atoms with E-state index in [-0.39, 0.29) is 0 Å². The summed E-state index contributed by atoms with van der Waals surface area (Å²) in [5.41, 5.74) is 5.31. The van der Waals surface area contributed by atoms with Crippen LogP contribution in [-0.4, -0.2) is 22.9 Å². The van der Waals surface area contributed by atoms with Crippen LogP contribution in [0.4, 0.5) is 0 Å². The number of hydrogen-bond donors (Lipinski definition) is 1. The molecule has 114 valence electrons. The molecule has 0 amide bonds. The van der Waals surface area contributed by atoms with Crippen LogP contribution in [-0.2, 0) is 19.9 Å². The third-order valence-electron chi connectivity index (χ3n) is 4.43. The van der Waals surface area contributed by atoms with Crippen LogP contribution in [0.2, 0.25) is 0 Å². The second-order valence-electron chi connectivity index (χ2n) is 5.82. The smallest absolute Gasteiger partial charge is 0.0628 e. The molecule has 0 spiro atoms. The molecule has 1 heterocycles. The molecule has 0 fully saturated rings. The van der Waals surface area contributed by atoms with Crippen LogP contribution in [0.15, 0.2) is 30.3 Å². The molecular formula is C18H27N3. The highest BCUT2D eigenvalue weighted by Crippen LogP contribution is 2.16. The summed E-state index contributed by atoms with van der Waals surface area (Å²) in [5.74, 6) is 0. The summed E-state index contributed by atoms with van der Waals surface area (Å²) >= 11 is 0. The fourth-order valence-corrected chi connectivity index (χ4v) is 2.92. The third kappa shape index (κ3) is 4.18. The van der Waals surface area contributed by atoms with Crippen molar-refractivity contribution in [3.8, 4) is 0 Å². The lowest BCUT2D eigenvalue weighted by Gasteiger charge is -2.16. The first-order chi connectivity index (χ1) is 10.1. The summed E-state index contributed by atoms with van der Waals surface area (Å²) in [4.78, 5) is 0. The van der Waals surface area contributed by atoms with Crippen LogP contribution in [0.3, 0.4) is 0 Å². The topological polar surface area (TPSA) is 29.9 Å². The number of rotatable bonds is 7. The van der Waals surface area contributed by atoms with Crippen molar-refractivity contribution in [1.82, 2.24) is 15.1 Å². The van der Waals surface area contributed by atoms with Crippen molar-refractivity contribution in [2.45, 2.75) is 45.6 Å². The number of aromatic nitrogens is 2. The minimum atomic E-state index is 0.559. The zero-order valence-electron chi connectivity index (χ0n) is 13.7. The van der Waals surface area contributed by atoms with Crippen LogP contribution in [0.25, 0.3) is 0 Å². The van der Waals surface area contributed by atoms with Crippen LogP contribution in [0.1, 0.15) is 35.4 Å². The second kappa shape index (κ2) is 7.41. The summed E-state index contributed by atoms with van der Waals surface area (Å²) in [7, 11) is 4.09. The van der Waals surface area contributed by atoms with Gasteiger partial charge in [0.25, 0.3) is 0 Å². The molecule has 0 aliphatic heterocycles. The lowest BCUT2D eigenvalue weighted by molar-refractivity contribution is 0.488. The molecule has 21 heavy (non-hydrogen) atoms. The fraction of sp³-hybridized carbons (Fsp3) is 0.500. The van der Waals surface area contributed by atoms with Crippen LogP contribution < -0.4 is 5.32 Å². The molecule has 1 unspecified atom stereocenters. The standard InChI is InChI=1S/C18H27N3/c1-14-18(15(2)21(4)20-14)13-12-17(19-3)11-10-16-8-6-5-7-9-16/h5-9,17,19H,10-13H2,1-4H3. The van der Waals surface area contributed by atoms with Gasteiger partial charge >= 0.3 is 0 Å². The Morgan fingerprint density at radius 1 is 1.10 bits per heavy atom. The first-order valence-electron chi connectivity index (χ1n) is 7.82. The maximum atomic E-state index is 4.50. The first-order valence-corrected chi connectivity index (χ1v) is 7.82. The average molecular weight is 285 g/mol. The molecule has 0 saturated heterocycles. The van der Waals surface area contributed by atoms with Crippen LogP contribution in [0, 0.1) is 13.8 Å². The van der Waals surface area contributed by atoms with Gasteiger partial charge in [-0.3, -0.25) is 4.68 Å². The Morgan fingerprint density at radius 3 is 2.33 bits per heavy atom. The number of nitrogens with zero attached hydrogens (tertiary/aromatic N) is 2. The highest BCUT2D eigenvalue weighted by atomic mass is 15.3. The van der Waals surface area contributed by atoms with E-state index in [0.29, 0.717) is 6.04 Å². The molecule has 3 heteroatoms. The van der Waals surface area contributed by atoms with Gasteiger partial charge in [-0.15, -0.1) is 0 Å². The first kappa shape index (κ1) is 15.8. The molecule has 0 saturated carbocycles.